The quantitative estimate of drug-likeness (QED) is 0.233. The Morgan fingerprint density at radius 1 is 0.600 bits per heavy atom. The number of aryl methyl sites for hydroxylation is 1. The molecule has 1 heterocycles. The summed E-state index contributed by atoms with van der Waals surface area (Å²) in [5.41, 5.74) is 11.6. The van der Waals surface area contributed by atoms with Crippen molar-refractivity contribution in [1.29, 1.82) is 0 Å². The highest BCUT2D eigenvalue weighted by Crippen LogP contribution is 2.53. The highest BCUT2D eigenvalue weighted by molar-refractivity contribution is 6.10. The second kappa shape index (κ2) is 8.34. The largest absolute Gasteiger partial charge is 0.454 e. The molecule has 7 aromatic rings. The first kappa shape index (κ1) is 23.1. The van der Waals surface area contributed by atoms with Crippen LogP contribution in [0.25, 0.3) is 43.8 Å². The molecule has 2 nitrogen and oxygen atoms in total. The number of benzene rings is 6. The lowest BCUT2D eigenvalue weighted by molar-refractivity contribution is 0.666. The van der Waals surface area contributed by atoms with Crippen molar-refractivity contribution in [3.05, 3.63) is 138 Å². The average molecular weight is 516 g/mol. The third-order valence-electron chi connectivity index (χ3n) is 8.66. The van der Waals surface area contributed by atoms with E-state index in [2.05, 4.69) is 141 Å². The SMILES string of the molecule is Cc1cccc(N(c2ccc3c(c2)C(C)(C)c2c-3ccc3ccccc23)c2cccc3c2oc2ccccc23)c1. The number of fused-ring (bicyclic) bond motifs is 8. The van der Waals surface area contributed by atoms with E-state index in [9.17, 15) is 0 Å². The molecule has 0 atom stereocenters. The normalized spacial score (nSPS) is 13.6. The predicted octanol–water partition coefficient (Wildman–Crippen LogP) is 10.8. The molecule has 1 aromatic heterocycles. The summed E-state index contributed by atoms with van der Waals surface area (Å²) in [6.45, 7) is 6.88. The molecule has 0 aliphatic heterocycles. The van der Waals surface area contributed by atoms with Crippen molar-refractivity contribution in [2.45, 2.75) is 26.2 Å². The van der Waals surface area contributed by atoms with E-state index in [1.165, 1.54) is 38.6 Å². The van der Waals surface area contributed by atoms with Gasteiger partial charge in [-0.25, -0.2) is 0 Å². The molecule has 0 saturated heterocycles. The summed E-state index contributed by atoms with van der Waals surface area (Å²) in [4.78, 5) is 2.36. The minimum Gasteiger partial charge on any atom is -0.454 e. The summed E-state index contributed by atoms with van der Waals surface area (Å²) >= 11 is 0. The van der Waals surface area contributed by atoms with Gasteiger partial charge in [0.15, 0.2) is 5.58 Å². The zero-order valence-corrected chi connectivity index (χ0v) is 22.9. The number of anilines is 3. The first-order valence-electron chi connectivity index (χ1n) is 13.9. The first-order valence-corrected chi connectivity index (χ1v) is 13.9. The van der Waals surface area contributed by atoms with Gasteiger partial charge in [0.05, 0.1) is 5.69 Å². The van der Waals surface area contributed by atoms with Crippen LogP contribution in [-0.2, 0) is 5.41 Å². The van der Waals surface area contributed by atoms with Crippen LogP contribution in [-0.4, -0.2) is 0 Å². The molecular weight excluding hydrogens is 486 g/mol. The summed E-state index contributed by atoms with van der Waals surface area (Å²) < 4.78 is 6.53. The minimum atomic E-state index is -0.134. The molecule has 1 aliphatic rings. The van der Waals surface area contributed by atoms with Crippen LogP contribution in [0.3, 0.4) is 0 Å². The summed E-state index contributed by atoms with van der Waals surface area (Å²) in [6, 6.07) is 43.8. The fourth-order valence-corrected chi connectivity index (χ4v) is 6.83. The van der Waals surface area contributed by atoms with Crippen LogP contribution in [0.2, 0.25) is 0 Å². The van der Waals surface area contributed by atoms with Gasteiger partial charge in [0.25, 0.3) is 0 Å². The van der Waals surface area contributed by atoms with Gasteiger partial charge in [0.2, 0.25) is 0 Å². The highest BCUT2D eigenvalue weighted by Gasteiger charge is 2.37. The molecule has 0 saturated carbocycles. The summed E-state index contributed by atoms with van der Waals surface area (Å²) in [7, 11) is 0. The lowest BCUT2D eigenvalue weighted by atomic mass is 9.80. The average Bonchev–Trinajstić information content (AvgIpc) is 3.46. The molecule has 6 aromatic carbocycles. The van der Waals surface area contributed by atoms with Gasteiger partial charge in [-0.05, 0) is 81.9 Å². The van der Waals surface area contributed by atoms with Crippen molar-refractivity contribution in [2.75, 3.05) is 4.90 Å². The van der Waals surface area contributed by atoms with E-state index in [0.29, 0.717) is 0 Å². The molecule has 0 bridgehead atoms. The molecule has 192 valence electrons. The Labute approximate surface area is 234 Å². The maximum atomic E-state index is 6.53. The molecule has 0 amide bonds. The van der Waals surface area contributed by atoms with Crippen LogP contribution in [0.1, 0.15) is 30.5 Å². The van der Waals surface area contributed by atoms with Crippen LogP contribution in [0.15, 0.2) is 126 Å². The van der Waals surface area contributed by atoms with E-state index in [-0.39, 0.29) is 5.41 Å². The van der Waals surface area contributed by atoms with Crippen molar-refractivity contribution < 1.29 is 4.42 Å². The molecule has 1 aliphatic carbocycles. The molecule has 2 heteroatoms. The summed E-state index contributed by atoms with van der Waals surface area (Å²) in [6.07, 6.45) is 0. The van der Waals surface area contributed by atoms with Gasteiger partial charge in [0.1, 0.15) is 5.58 Å². The van der Waals surface area contributed by atoms with Gasteiger partial charge < -0.3 is 9.32 Å². The van der Waals surface area contributed by atoms with Crippen molar-refractivity contribution in [1.82, 2.24) is 0 Å². The standard InChI is InChI=1S/C38H29NO/c1-24-10-8-12-26(22-24)39(34-16-9-15-32-30-14-6-7-17-35(30)40-37(32)34)27-19-21-29-31-20-18-25-11-4-5-13-28(25)36(31)38(2,3)33(29)23-27/h4-23H,1-3H3. The Morgan fingerprint density at radius 2 is 1.32 bits per heavy atom. The number of hydrogen-bond acceptors (Lipinski definition) is 2. The van der Waals surface area contributed by atoms with Gasteiger partial charge in [-0.2, -0.15) is 0 Å². The van der Waals surface area contributed by atoms with Crippen LogP contribution in [0.5, 0.6) is 0 Å². The smallest absolute Gasteiger partial charge is 0.159 e. The van der Waals surface area contributed by atoms with E-state index >= 15 is 0 Å². The van der Waals surface area contributed by atoms with Gasteiger partial charge in [0, 0.05) is 27.6 Å². The molecule has 0 spiro atoms. The van der Waals surface area contributed by atoms with Crippen LogP contribution < -0.4 is 4.90 Å². The van der Waals surface area contributed by atoms with E-state index < -0.39 is 0 Å². The number of nitrogens with zero attached hydrogens (tertiary/aromatic N) is 1. The zero-order valence-electron chi connectivity index (χ0n) is 22.9. The number of para-hydroxylation sites is 2. The Balaban J connectivity index is 1.38. The topological polar surface area (TPSA) is 16.4 Å². The van der Waals surface area contributed by atoms with E-state index in [1.807, 2.05) is 6.07 Å². The van der Waals surface area contributed by atoms with Gasteiger partial charge >= 0.3 is 0 Å². The van der Waals surface area contributed by atoms with Crippen molar-refractivity contribution in [3.8, 4) is 11.1 Å². The van der Waals surface area contributed by atoms with Gasteiger partial charge in [-0.3, -0.25) is 0 Å². The van der Waals surface area contributed by atoms with Crippen LogP contribution in [0, 0.1) is 6.92 Å². The van der Waals surface area contributed by atoms with E-state index in [1.54, 1.807) is 0 Å². The Morgan fingerprint density at radius 3 is 2.20 bits per heavy atom. The van der Waals surface area contributed by atoms with Crippen molar-refractivity contribution in [3.63, 3.8) is 0 Å². The van der Waals surface area contributed by atoms with E-state index in [0.717, 1.165) is 39.0 Å². The van der Waals surface area contributed by atoms with Crippen LogP contribution in [0.4, 0.5) is 17.1 Å². The minimum absolute atomic E-state index is 0.134. The fourth-order valence-electron chi connectivity index (χ4n) is 6.83. The Bertz CT molecular complexity index is 2110. The lowest BCUT2D eigenvalue weighted by Crippen LogP contribution is -2.17. The number of hydrogen-bond donors (Lipinski definition) is 0. The third kappa shape index (κ3) is 3.23. The lowest BCUT2D eigenvalue weighted by Gasteiger charge is -2.28. The molecule has 0 radical (unpaired) electrons. The van der Waals surface area contributed by atoms with Gasteiger partial charge in [-0.15, -0.1) is 0 Å². The fraction of sp³-hybridized carbons (Fsp3) is 0.105. The maximum Gasteiger partial charge on any atom is 0.159 e. The number of rotatable bonds is 3. The highest BCUT2D eigenvalue weighted by atomic mass is 16.3. The molecule has 40 heavy (non-hydrogen) atoms. The zero-order chi connectivity index (χ0) is 27.0. The second-order valence-electron chi connectivity index (χ2n) is 11.5. The molecule has 0 fully saturated rings. The van der Waals surface area contributed by atoms with Crippen LogP contribution >= 0.6 is 0 Å². The van der Waals surface area contributed by atoms with E-state index in [4.69, 9.17) is 4.42 Å². The Kier molecular flexibility index (Phi) is 4.82. The maximum absolute atomic E-state index is 6.53. The van der Waals surface area contributed by atoms with Crippen molar-refractivity contribution in [2.24, 2.45) is 0 Å². The molecular formula is C38H29NO. The third-order valence-corrected chi connectivity index (χ3v) is 8.66. The first-order chi connectivity index (χ1) is 19.5. The predicted molar refractivity (Wildman–Crippen MR) is 168 cm³/mol. The van der Waals surface area contributed by atoms with Crippen molar-refractivity contribution >= 4 is 49.8 Å². The summed E-state index contributed by atoms with van der Waals surface area (Å²) in [5, 5.41) is 4.90. The summed E-state index contributed by atoms with van der Waals surface area (Å²) in [5.74, 6) is 0. The second-order valence-corrected chi connectivity index (χ2v) is 11.5. The molecule has 8 rings (SSSR count). The number of furan rings is 1. The molecule has 0 unspecified atom stereocenters. The van der Waals surface area contributed by atoms with Gasteiger partial charge in [-0.1, -0.05) is 98.8 Å². The Hall–Kier alpha value is -4.82. The molecule has 0 N–H and O–H groups in total. The monoisotopic (exact) mass is 515 g/mol.